The predicted molar refractivity (Wildman–Crippen MR) is 111 cm³/mol. The first kappa shape index (κ1) is 21.9. The van der Waals surface area contributed by atoms with E-state index in [1.165, 1.54) is 18.2 Å². The summed E-state index contributed by atoms with van der Waals surface area (Å²) in [5.41, 5.74) is -0.743. The molecule has 0 aliphatic carbocycles. The standard InChI is InChI=1S/C21H16ClF4NO3S/c22-18-14-5-3-11(21(24,25)26)8-17(14)31-19(18)20(28)27-15-9-12(23)4-6-16(15)30-10-13-2-1-7-29-13/h3-6,8-9,13H,1-2,7,10H2,(H,27,28). The van der Waals surface area contributed by atoms with E-state index in [0.717, 1.165) is 42.4 Å². The monoisotopic (exact) mass is 473 g/mol. The van der Waals surface area contributed by atoms with Crippen LogP contribution < -0.4 is 10.1 Å². The van der Waals surface area contributed by atoms with Gasteiger partial charge in [-0.3, -0.25) is 4.79 Å². The number of thiophene rings is 1. The topological polar surface area (TPSA) is 47.6 Å². The Morgan fingerprint density at radius 1 is 1.26 bits per heavy atom. The van der Waals surface area contributed by atoms with Crippen molar-refractivity contribution in [2.75, 3.05) is 18.5 Å². The number of hydrogen-bond acceptors (Lipinski definition) is 4. The zero-order valence-electron chi connectivity index (χ0n) is 15.9. The number of rotatable bonds is 5. The number of alkyl halides is 3. The summed E-state index contributed by atoms with van der Waals surface area (Å²) in [5, 5.41) is 2.91. The molecule has 1 N–H and O–H groups in total. The van der Waals surface area contributed by atoms with Gasteiger partial charge in [-0.2, -0.15) is 13.2 Å². The first-order valence-corrected chi connectivity index (χ1v) is 10.6. The maximum absolute atomic E-state index is 13.8. The third-order valence-corrected chi connectivity index (χ3v) is 6.46. The molecule has 3 aromatic rings. The number of ether oxygens (including phenoxy) is 2. The van der Waals surface area contributed by atoms with Crippen molar-refractivity contribution in [3.8, 4) is 5.75 Å². The smallest absolute Gasteiger partial charge is 0.416 e. The van der Waals surface area contributed by atoms with Crippen molar-refractivity contribution in [1.29, 1.82) is 0 Å². The van der Waals surface area contributed by atoms with Crippen LogP contribution in [0, 0.1) is 5.82 Å². The van der Waals surface area contributed by atoms with Crippen LogP contribution >= 0.6 is 22.9 Å². The van der Waals surface area contributed by atoms with Crippen LogP contribution in [0.15, 0.2) is 36.4 Å². The van der Waals surface area contributed by atoms with Gasteiger partial charge in [-0.25, -0.2) is 4.39 Å². The molecule has 1 atom stereocenters. The first-order valence-electron chi connectivity index (χ1n) is 9.37. The molecule has 4 rings (SSSR count). The van der Waals surface area contributed by atoms with Gasteiger partial charge in [0.05, 0.1) is 22.4 Å². The highest BCUT2D eigenvalue weighted by Crippen LogP contribution is 2.40. The van der Waals surface area contributed by atoms with Gasteiger partial charge in [0.15, 0.2) is 0 Å². The minimum Gasteiger partial charge on any atom is -0.489 e. The van der Waals surface area contributed by atoms with Gasteiger partial charge in [0, 0.05) is 22.8 Å². The number of fused-ring (bicyclic) bond motifs is 1. The Morgan fingerprint density at radius 2 is 2.06 bits per heavy atom. The van der Waals surface area contributed by atoms with Crippen molar-refractivity contribution in [3.05, 3.63) is 57.7 Å². The minimum absolute atomic E-state index is 0.0188. The highest BCUT2D eigenvalue weighted by Gasteiger charge is 2.31. The van der Waals surface area contributed by atoms with Crippen molar-refractivity contribution >= 4 is 44.6 Å². The quantitative estimate of drug-likeness (QED) is 0.429. The summed E-state index contributed by atoms with van der Waals surface area (Å²) in [7, 11) is 0. The van der Waals surface area contributed by atoms with Crippen LogP contribution in [0.25, 0.3) is 10.1 Å². The number of benzene rings is 2. The number of carbonyl (C=O) groups is 1. The van der Waals surface area contributed by atoms with Gasteiger partial charge in [-0.15, -0.1) is 11.3 Å². The summed E-state index contributed by atoms with van der Waals surface area (Å²) in [5.74, 6) is -1.01. The molecular formula is C21H16ClF4NO3S. The van der Waals surface area contributed by atoms with Gasteiger partial charge in [0.25, 0.3) is 5.91 Å². The fourth-order valence-corrected chi connectivity index (χ4v) is 4.70. The molecule has 0 bridgehead atoms. The van der Waals surface area contributed by atoms with Crippen LogP contribution in [0.1, 0.15) is 28.1 Å². The Morgan fingerprint density at radius 3 is 2.77 bits per heavy atom. The van der Waals surface area contributed by atoms with E-state index < -0.39 is 23.5 Å². The number of carbonyl (C=O) groups excluding carboxylic acids is 1. The highest BCUT2D eigenvalue weighted by molar-refractivity contribution is 7.21. The van der Waals surface area contributed by atoms with E-state index >= 15 is 0 Å². The largest absolute Gasteiger partial charge is 0.489 e. The molecule has 10 heteroatoms. The molecule has 4 nitrogen and oxygen atoms in total. The number of hydrogen-bond donors (Lipinski definition) is 1. The van der Waals surface area contributed by atoms with Crippen molar-refractivity contribution < 1.29 is 31.8 Å². The number of anilines is 1. The SMILES string of the molecule is O=C(Nc1cc(F)ccc1OCC1CCCO1)c1sc2cc(C(F)(F)F)ccc2c1Cl. The van der Waals surface area contributed by atoms with E-state index in [-0.39, 0.29) is 38.7 Å². The molecule has 31 heavy (non-hydrogen) atoms. The molecule has 0 saturated carbocycles. The molecule has 2 heterocycles. The van der Waals surface area contributed by atoms with Gasteiger partial charge in [-0.1, -0.05) is 17.7 Å². The Labute approximate surface area is 183 Å². The molecule has 1 saturated heterocycles. The second kappa shape index (κ2) is 8.64. The van der Waals surface area contributed by atoms with Gasteiger partial charge < -0.3 is 14.8 Å². The summed E-state index contributed by atoms with van der Waals surface area (Å²) in [6.07, 6.45) is -2.81. The van der Waals surface area contributed by atoms with Crippen LogP contribution in [0.3, 0.4) is 0 Å². The predicted octanol–water partition coefficient (Wildman–Crippen LogP) is 6.52. The number of halogens is 5. The third-order valence-electron chi connectivity index (χ3n) is 4.80. The average Bonchev–Trinajstić information content (AvgIpc) is 3.34. The molecule has 2 aromatic carbocycles. The van der Waals surface area contributed by atoms with E-state index in [0.29, 0.717) is 12.0 Å². The van der Waals surface area contributed by atoms with Crippen molar-refractivity contribution in [1.82, 2.24) is 0 Å². The van der Waals surface area contributed by atoms with E-state index in [1.807, 2.05) is 0 Å². The lowest BCUT2D eigenvalue weighted by atomic mass is 10.1. The van der Waals surface area contributed by atoms with Crippen LogP contribution in [0.4, 0.5) is 23.2 Å². The zero-order chi connectivity index (χ0) is 22.2. The maximum atomic E-state index is 13.8. The summed E-state index contributed by atoms with van der Waals surface area (Å²) < 4.78 is 64.1. The molecule has 1 unspecified atom stereocenters. The van der Waals surface area contributed by atoms with Crippen LogP contribution in [-0.4, -0.2) is 25.2 Å². The maximum Gasteiger partial charge on any atom is 0.416 e. The van der Waals surface area contributed by atoms with E-state index in [4.69, 9.17) is 21.1 Å². The Bertz CT molecular complexity index is 1130. The number of amides is 1. The molecule has 1 aliphatic heterocycles. The van der Waals surface area contributed by atoms with Crippen LogP contribution in [-0.2, 0) is 10.9 Å². The Balaban J connectivity index is 1.58. The second-order valence-electron chi connectivity index (χ2n) is 6.99. The zero-order valence-corrected chi connectivity index (χ0v) is 17.5. The van der Waals surface area contributed by atoms with Crippen LogP contribution in [0.2, 0.25) is 5.02 Å². The fourth-order valence-electron chi connectivity index (χ4n) is 3.25. The molecule has 0 radical (unpaired) electrons. The summed E-state index contributed by atoms with van der Waals surface area (Å²) in [6, 6.07) is 6.78. The van der Waals surface area contributed by atoms with Gasteiger partial charge in [-0.05, 0) is 37.1 Å². The molecule has 0 spiro atoms. The lowest BCUT2D eigenvalue weighted by molar-refractivity contribution is -0.137. The van der Waals surface area contributed by atoms with Crippen LogP contribution in [0.5, 0.6) is 5.75 Å². The lowest BCUT2D eigenvalue weighted by Gasteiger charge is -2.15. The number of nitrogens with one attached hydrogen (secondary N) is 1. The average molecular weight is 474 g/mol. The minimum atomic E-state index is -4.51. The molecule has 1 aromatic heterocycles. The Kier molecular flexibility index (Phi) is 6.09. The normalized spacial score (nSPS) is 16.6. The van der Waals surface area contributed by atoms with Crippen molar-refractivity contribution in [2.24, 2.45) is 0 Å². The van der Waals surface area contributed by atoms with Gasteiger partial charge in [0.1, 0.15) is 23.1 Å². The van der Waals surface area contributed by atoms with E-state index in [2.05, 4.69) is 5.32 Å². The molecule has 1 fully saturated rings. The molecular weight excluding hydrogens is 458 g/mol. The van der Waals surface area contributed by atoms with E-state index in [1.54, 1.807) is 0 Å². The summed E-state index contributed by atoms with van der Waals surface area (Å²) >= 11 is 7.08. The third kappa shape index (κ3) is 4.78. The molecule has 1 aliphatic rings. The van der Waals surface area contributed by atoms with Crippen molar-refractivity contribution in [3.63, 3.8) is 0 Å². The summed E-state index contributed by atoms with van der Waals surface area (Å²) in [6.45, 7) is 0.903. The van der Waals surface area contributed by atoms with Gasteiger partial charge in [0.2, 0.25) is 0 Å². The summed E-state index contributed by atoms with van der Waals surface area (Å²) in [4.78, 5) is 12.8. The fraction of sp³-hybridized carbons (Fsp3) is 0.286. The Hall–Kier alpha value is -2.36. The highest BCUT2D eigenvalue weighted by atomic mass is 35.5. The van der Waals surface area contributed by atoms with E-state index in [9.17, 15) is 22.4 Å². The lowest BCUT2D eigenvalue weighted by Crippen LogP contribution is -2.18. The van der Waals surface area contributed by atoms with Gasteiger partial charge >= 0.3 is 6.18 Å². The van der Waals surface area contributed by atoms with Crippen molar-refractivity contribution in [2.45, 2.75) is 25.1 Å². The first-order chi connectivity index (χ1) is 14.7. The molecule has 164 valence electrons. The second-order valence-corrected chi connectivity index (χ2v) is 8.42. The molecule has 1 amide bonds.